The SMILES string of the molecule is CCC(=O)SCCCCC(F)C(F)C(F)F. The summed E-state index contributed by atoms with van der Waals surface area (Å²) in [5.74, 6) is 0.533. The van der Waals surface area contributed by atoms with Crippen LogP contribution < -0.4 is 0 Å². The van der Waals surface area contributed by atoms with Crippen LogP contribution in [0, 0.1) is 0 Å². The van der Waals surface area contributed by atoms with Gasteiger partial charge in [0, 0.05) is 12.2 Å². The Morgan fingerprint density at radius 1 is 1.19 bits per heavy atom. The summed E-state index contributed by atoms with van der Waals surface area (Å²) in [6, 6.07) is 0. The van der Waals surface area contributed by atoms with Gasteiger partial charge in [-0.3, -0.25) is 4.79 Å². The molecule has 0 aliphatic carbocycles. The van der Waals surface area contributed by atoms with Crippen molar-refractivity contribution in [1.29, 1.82) is 0 Å². The van der Waals surface area contributed by atoms with Crippen molar-refractivity contribution in [1.82, 2.24) is 0 Å². The molecule has 6 heteroatoms. The molecule has 0 amide bonds. The van der Waals surface area contributed by atoms with E-state index in [1.807, 2.05) is 0 Å². The first-order valence-electron chi connectivity index (χ1n) is 5.21. The fraction of sp³-hybridized carbons (Fsp3) is 0.900. The van der Waals surface area contributed by atoms with Crippen molar-refractivity contribution in [2.24, 2.45) is 0 Å². The van der Waals surface area contributed by atoms with Crippen molar-refractivity contribution in [2.45, 2.75) is 51.4 Å². The van der Waals surface area contributed by atoms with Gasteiger partial charge in [-0.05, 0) is 19.3 Å². The smallest absolute Gasteiger partial charge is 0.272 e. The summed E-state index contributed by atoms with van der Waals surface area (Å²) in [6.07, 6.45) is -6.98. The van der Waals surface area contributed by atoms with Crippen LogP contribution in [0.4, 0.5) is 17.6 Å². The minimum Gasteiger partial charge on any atom is -0.287 e. The van der Waals surface area contributed by atoms with Crippen molar-refractivity contribution in [2.75, 3.05) is 5.75 Å². The van der Waals surface area contributed by atoms with Crippen LogP contribution in [0.3, 0.4) is 0 Å². The van der Waals surface area contributed by atoms with Crippen LogP contribution in [0.1, 0.15) is 32.6 Å². The van der Waals surface area contributed by atoms with E-state index in [0.717, 1.165) is 11.8 Å². The molecule has 0 saturated carbocycles. The molecule has 0 aromatic heterocycles. The van der Waals surface area contributed by atoms with Gasteiger partial charge in [-0.15, -0.1) is 0 Å². The zero-order chi connectivity index (χ0) is 12.6. The van der Waals surface area contributed by atoms with Gasteiger partial charge >= 0.3 is 0 Å². The Bertz CT molecular complexity index is 201. The van der Waals surface area contributed by atoms with E-state index in [2.05, 4.69) is 0 Å². The first kappa shape index (κ1) is 15.7. The molecule has 0 rings (SSSR count). The molecule has 2 unspecified atom stereocenters. The predicted octanol–water partition coefficient (Wildman–Crippen LogP) is 3.77. The van der Waals surface area contributed by atoms with E-state index in [1.165, 1.54) is 0 Å². The molecule has 0 aromatic rings. The fourth-order valence-electron chi connectivity index (χ4n) is 1.05. The van der Waals surface area contributed by atoms with Crippen molar-refractivity contribution in [3.63, 3.8) is 0 Å². The Morgan fingerprint density at radius 3 is 2.31 bits per heavy atom. The molecule has 16 heavy (non-hydrogen) atoms. The number of unbranched alkanes of at least 4 members (excludes halogenated alkanes) is 1. The normalized spacial score (nSPS) is 15.1. The lowest BCUT2D eigenvalue weighted by atomic mass is 10.1. The van der Waals surface area contributed by atoms with Crippen LogP contribution in [-0.4, -0.2) is 29.6 Å². The van der Waals surface area contributed by atoms with Crippen molar-refractivity contribution in [3.05, 3.63) is 0 Å². The molecule has 0 fully saturated rings. The van der Waals surface area contributed by atoms with Crippen LogP contribution in [0.5, 0.6) is 0 Å². The van der Waals surface area contributed by atoms with Gasteiger partial charge in [-0.1, -0.05) is 18.7 Å². The lowest BCUT2D eigenvalue weighted by molar-refractivity contribution is -0.110. The maximum absolute atomic E-state index is 12.8. The lowest BCUT2D eigenvalue weighted by Crippen LogP contribution is -2.24. The topological polar surface area (TPSA) is 17.1 Å². The average Bonchev–Trinajstić information content (AvgIpc) is 2.26. The molecule has 0 aliphatic heterocycles. The summed E-state index contributed by atoms with van der Waals surface area (Å²) < 4.78 is 48.7. The van der Waals surface area contributed by atoms with Gasteiger partial charge in [-0.2, -0.15) is 0 Å². The standard InChI is InChI=1S/C10H16F4OS/c1-2-8(15)16-6-4-3-5-7(11)9(12)10(13)14/h7,9-10H,2-6H2,1H3. The average molecular weight is 260 g/mol. The number of carbonyl (C=O) groups is 1. The van der Waals surface area contributed by atoms with Gasteiger partial charge in [0.05, 0.1) is 0 Å². The quantitative estimate of drug-likeness (QED) is 0.488. The number of hydrogen-bond acceptors (Lipinski definition) is 2. The molecule has 0 spiro atoms. The molecular formula is C10H16F4OS. The Morgan fingerprint density at radius 2 is 1.81 bits per heavy atom. The third-order valence-corrected chi connectivity index (χ3v) is 3.12. The van der Waals surface area contributed by atoms with E-state index in [0.29, 0.717) is 25.0 Å². The van der Waals surface area contributed by atoms with Crippen molar-refractivity contribution in [3.8, 4) is 0 Å². The Labute approximate surface area is 97.0 Å². The van der Waals surface area contributed by atoms with Crippen molar-refractivity contribution < 1.29 is 22.4 Å². The van der Waals surface area contributed by atoms with E-state index < -0.39 is 18.8 Å². The summed E-state index contributed by atoms with van der Waals surface area (Å²) >= 11 is 1.14. The second kappa shape index (κ2) is 8.84. The molecule has 96 valence electrons. The third-order valence-electron chi connectivity index (χ3n) is 2.01. The predicted molar refractivity (Wildman–Crippen MR) is 57.4 cm³/mol. The highest BCUT2D eigenvalue weighted by Crippen LogP contribution is 2.19. The number of rotatable bonds is 8. The maximum Gasteiger partial charge on any atom is 0.272 e. The molecule has 0 aromatic carbocycles. The molecule has 0 bridgehead atoms. The minimum atomic E-state index is -3.26. The molecule has 0 heterocycles. The van der Waals surface area contributed by atoms with Gasteiger partial charge in [0.2, 0.25) is 0 Å². The summed E-state index contributed by atoms with van der Waals surface area (Å²) in [6.45, 7) is 1.74. The molecule has 0 saturated heterocycles. The van der Waals surface area contributed by atoms with Crippen LogP contribution in [0.25, 0.3) is 0 Å². The minimum absolute atomic E-state index is 0.0488. The number of hydrogen-bond donors (Lipinski definition) is 0. The van der Waals surface area contributed by atoms with Crippen molar-refractivity contribution >= 4 is 16.9 Å². The summed E-state index contributed by atoms with van der Waals surface area (Å²) in [7, 11) is 0. The second-order valence-electron chi connectivity index (χ2n) is 3.36. The fourth-order valence-corrected chi connectivity index (χ4v) is 1.83. The Hall–Kier alpha value is -0.260. The van der Waals surface area contributed by atoms with E-state index in [1.54, 1.807) is 6.92 Å². The number of alkyl halides is 4. The van der Waals surface area contributed by atoms with Crippen LogP contribution in [-0.2, 0) is 4.79 Å². The lowest BCUT2D eigenvalue weighted by Gasteiger charge is -2.11. The molecule has 1 nitrogen and oxygen atoms in total. The number of halogens is 4. The van der Waals surface area contributed by atoms with Gasteiger partial charge in [0.1, 0.15) is 6.17 Å². The first-order valence-corrected chi connectivity index (χ1v) is 6.19. The number of thioether (sulfide) groups is 1. The van der Waals surface area contributed by atoms with Crippen LogP contribution in [0.2, 0.25) is 0 Å². The van der Waals surface area contributed by atoms with Gasteiger partial charge in [0.25, 0.3) is 6.43 Å². The Balaban J connectivity index is 3.48. The highest BCUT2D eigenvalue weighted by molar-refractivity contribution is 8.13. The zero-order valence-corrected chi connectivity index (χ0v) is 9.91. The maximum atomic E-state index is 12.8. The zero-order valence-electron chi connectivity index (χ0n) is 9.10. The Kier molecular flexibility index (Phi) is 8.70. The highest BCUT2D eigenvalue weighted by Gasteiger charge is 2.28. The molecular weight excluding hydrogens is 244 g/mol. The monoisotopic (exact) mass is 260 g/mol. The molecule has 0 N–H and O–H groups in total. The largest absolute Gasteiger partial charge is 0.287 e. The third kappa shape index (κ3) is 7.09. The summed E-state index contributed by atoms with van der Waals surface area (Å²) in [5, 5.41) is 0.0488. The van der Waals surface area contributed by atoms with E-state index in [-0.39, 0.29) is 11.5 Å². The van der Waals surface area contributed by atoms with Gasteiger partial charge < -0.3 is 0 Å². The summed E-state index contributed by atoms with van der Waals surface area (Å²) in [4.78, 5) is 10.8. The van der Waals surface area contributed by atoms with E-state index in [9.17, 15) is 22.4 Å². The molecule has 2 atom stereocenters. The highest BCUT2D eigenvalue weighted by atomic mass is 32.2. The number of carbonyl (C=O) groups excluding carboxylic acids is 1. The molecule has 0 radical (unpaired) electrons. The summed E-state index contributed by atoms with van der Waals surface area (Å²) in [5.41, 5.74) is 0. The first-order chi connectivity index (χ1) is 7.49. The van der Waals surface area contributed by atoms with E-state index in [4.69, 9.17) is 0 Å². The van der Waals surface area contributed by atoms with E-state index >= 15 is 0 Å². The van der Waals surface area contributed by atoms with Gasteiger partial charge in [-0.25, -0.2) is 17.6 Å². The van der Waals surface area contributed by atoms with Crippen LogP contribution in [0.15, 0.2) is 0 Å². The van der Waals surface area contributed by atoms with Crippen LogP contribution >= 0.6 is 11.8 Å². The second-order valence-corrected chi connectivity index (χ2v) is 4.52. The molecule has 0 aliphatic rings. The van der Waals surface area contributed by atoms with Gasteiger partial charge in [0.15, 0.2) is 11.3 Å².